The Labute approximate surface area is 166 Å². The minimum Gasteiger partial charge on any atom is -0.406 e. The maximum absolute atomic E-state index is 12.6. The van der Waals surface area contributed by atoms with Crippen LogP contribution in [0.3, 0.4) is 0 Å². The summed E-state index contributed by atoms with van der Waals surface area (Å²) in [4.78, 5) is 28.6. The molecule has 0 aliphatic heterocycles. The van der Waals surface area contributed by atoms with Gasteiger partial charge in [0, 0.05) is 17.2 Å². The topological polar surface area (TPSA) is 80.3 Å². The number of nitrogens with one attached hydrogen (secondary N) is 2. The van der Waals surface area contributed by atoms with E-state index in [1.54, 1.807) is 33.8 Å². The largest absolute Gasteiger partial charge is 0.573 e. The fourth-order valence-electron chi connectivity index (χ4n) is 2.46. The van der Waals surface area contributed by atoms with Gasteiger partial charge in [-0.2, -0.15) is 0 Å². The first kappa shape index (κ1) is 22.2. The van der Waals surface area contributed by atoms with Gasteiger partial charge in [-0.05, 0) is 43.7 Å². The highest BCUT2D eigenvalue weighted by Crippen LogP contribution is 2.24. The van der Waals surface area contributed by atoms with Crippen molar-refractivity contribution in [1.29, 1.82) is 0 Å². The van der Waals surface area contributed by atoms with Gasteiger partial charge in [-0.3, -0.25) is 9.59 Å². The summed E-state index contributed by atoms with van der Waals surface area (Å²) in [6.07, 6.45) is -4.76. The van der Waals surface area contributed by atoms with Crippen LogP contribution < -0.4 is 15.4 Å². The Bertz CT molecular complexity index is 881. The molecule has 0 fully saturated rings. The molecule has 29 heavy (non-hydrogen) atoms. The number of aromatic nitrogens is 1. The fourth-order valence-corrected chi connectivity index (χ4v) is 2.46. The number of carbonyl (C=O) groups is 2. The zero-order chi connectivity index (χ0) is 21.8. The lowest BCUT2D eigenvalue weighted by molar-refractivity contribution is -0.274. The summed E-state index contributed by atoms with van der Waals surface area (Å²) in [5, 5.41) is 5.42. The van der Waals surface area contributed by atoms with Gasteiger partial charge in [0.05, 0.1) is 6.04 Å². The normalized spacial score (nSPS) is 12.4. The molecular weight excluding hydrogens is 387 g/mol. The molecule has 0 spiro atoms. The summed E-state index contributed by atoms with van der Waals surface area (Å²) in [5.74, 6) is -0.924. The molecule has 0 radical (unpaired) electrons. The molecule has 2 aromatic rings. The quantitative estimate of drug-likeness (QED) is 0.742. The first-order valence-electron chi connectivity index (χ1n) is 8.90. The monoisotopic (exact) mass is 409 g/mol. The summed E-state index contributed by atoms with van der Waals surface area (Å²) >= 11 is 0. The molecule has 1 unspecified atom stereocenters. The van der Waals surface area contributed by atoms with Crippen LogP contribution in [-0.4, -0.2) is 23.2 Å². The van der Waals surface area contributed by atoms with Crippen molar-refractivity contribution in [3.8, 4) is 5.75 Å². The average Bonchev–Trinajstić information content (AvgIpc) is 2.60. The Kier molecular flexibility index (Phi) is 6.84. The van der Waals surface area contributed by atoms with Crippen LogP contribution in [0.15, 0.2) is 36.4 Å². The molecule has 156 valence electrons. The van der Waals surface area contributed by atoms with Crippen molar-refractivity contribution in [3.63, 3.8) is 0 Å². The first-order valence-corrected chi connectivity index (χ1v) is 8.90. The molecule has 9 heteroatoms. The molecule has 1 atom stereocenters. The number of aryl methyl sites for hydroxylation is 1. The predicted molar refractivity (Wildman–Crippen MR) is 101 cm³/mol. The maximum atomic E-state index is 12.6. The first-order chi connectivity index (χ1) is 13.4. The fraction of sp³-hybridized carbons (Fsp3) is 0.350. The van der Waals surface area contributed by atoms with E-state index in [1.807, 2.05) is 0 Å². The minimum atomic E-state index is -4.76. The van der Waals surface area contributed by atoms with E-state index < -0.39 is 18.3 Å². The van der Waals surface area contributed by atoms with Gasteiger partial charge in [0.25, 0.3) is 5.91 Å². The van der Waals surface area contributed by atoms with E-state index in [9.17, 15) is 22.8 Å². The molecule has 0 aliphatic rings. The van der Waals surface area contributed by atoms with Gasteiger partial charge in [0.15, 0.2) is 0 Å². The number of hydrogen-bond acceptors (Lipinski definition) is 4. The summed E-state index contributed by atoms with van der Waals surface area (Å²) < 4.78 is 40.5. The maximum Gasteiger partial charge on any atom is 0.573 e. The average molecular weight is 409 g/mol. The van der Waals surface area contributed by atoms with Crippen molar-refractivity contribution in [3.05, 3.63) is 53.2 Å². The number of halogens is 3. The van der Waals surface area contributed by atoms with Gasteiger partial charge < -0.3 is 15.4 Å². The van der Waals surface area contributed by atoms with Crippen LogP contribution in [0.5, 0.6) is 5.75 Å². The van der Waals surface area contributed by atoms with Crippen molar-refractivity contribution >= 4 is 17.6 Å². The van der Waals surface area contributed by atoms with Gasteiger partial charge in [-0.25, -0.2) is 4.98 Å². The van der Waals surface area contributed by atoms with E-state index in [4.69, 9.17) is 0 Å². The number of nitrogens with zero attached hydrogens (tertiary/aromatic N) is 1. The second kappa shape index (κ2) is 8.93. The highest BCUT2D eigenvalue weighted by molar-refractivity contribution is 5.97. The number of anilines is 1. The molecule has 2 amide bonds. The number of pyridine rings is 1. The molecule has 2 rings (SSSR count). The predicted octanol–water partition coefficient (Wildman–Crippen LogP) is 4.37. The van der Waals surface area contributed by atoms with Crippen LogP contribution in [0, 0.1) is 12.8 Å². The number of hydrogen-bond donors (Lipinski definition) is 2. The number of benzene rings is 1. The number of rotatable bonds is 6. The minimum absolute atomic E-state index is 0.219. The summed E-state index contributed by atoms with van der Waals surface area (Å²) in [6, 6.07) is 7.83. The van der Waals surface area contributed by atoms with Gasteiger partial charge in [-0.15, -0.1) is 13.2 Å². The Balaban J connectivity index is 2.09. The highest BCUT2D eigenvalue weighted by atomic mass is 19.4. The lowest BCUT2D eigenvalue weighted by Crippen LogP contribution is -2.27. The van der Waals surface area contributed by atoms with Gasteiger partial charge >= 0.3 is 6.36 Å². The highest BCUT2D eigenvalue weighted by Gasteiger charge is 2.31. The van der Waals surface area contributed by atoms with E-state index in [2.05, 4.69) is 20.4 Å². The zero-order valence-corrected chi connectivity index (χ0v) is 16.4. The Morgan fingerprint density at radius 2 is 1.69 bits per heavy atom. The Hall–Kier alpha value is -3.10. The standard InChI is InChI=1S/C20H22F3N3O3/c1-11(2)18(27)26-17-10-15(9-12(3)24-17)19(28)25-13(4)14-5-7-16(8-6-14)29-20(21,22)23/h5-11,13H,1-4H3,(H,25,28)(H,24,26,27). The zero-order valence-electron chi connectivity index (χ0n) is 16.4. The number of ether oxygens (including phenoxy) is 1. The van der Waals surface area contributed by atoms with Crippen molar-refractivity contribution in [1.82, 2.24) is 10.3 Å². The Morgan fingerprint density at radius 1 is 1.07 bits per heavy atom. The molecule has 1 aromatic carbocycles. The van der Waals surface area contributed by atoms with Gasteiger partial charge in [0.1, 0.15) is 11.6 Å². The third kappa shape index (κ3) is 6.78. The van der Waals surface area contributed by atoms with Crippen LogP contribution >= 0.6 is 0 Å². The van der Waals surface area contributed by atoms with E-state index in [0.29, 0.717) is 16.8 Å². The number of alkyl halides is 3. The molecule has 0 aliphatic carbocycles. The Morgan fingerprint density at radius 3 is 2.24 bits per heavy atom. The molecule has 0 saturated heterocycles. The van der Waals surface area contributed by atoms with Crippen LogP contribution in [0.2, 0.25) is 0 Å². The van der Waals surface area contributed by atoms with Crippen LogP contribution in [0.4, 0.5) is 19.0 Å². The van der Waals surface area contributed by atoms with E-state index in [0.717, 1.165) is 0 Å². The molecule has 2 N–H and O–H groups in total. The van der Waals surface area contributed by atoms with E-state index >= 15 is 0 Å². The second-order valence-electron chi connectivity index (χ2n) is 6.84. The molecular formula is C20H22F3N3O3. The van der Waals surface area contributed by atoms with E-state index in [-0.39, 0.29) is 23.4 Å². The summed E-state index contributed by atoms with van der Waals surface area (Å²) in [6.45, 7) is 6.88. The van der Waals surface area contributed by atoms with Crippen molar-refractivity contribution in [2.75, 3.05) is 5.32 Å². The van der Waals surface area contributed by atoms with Crippen molar-refractivity contribution in [2.24, 2.45) is 5.92 Å². The third-order valence-corrected chi connectivity index (χ3v) is 3.95. The summed E-state index contributed by atoms with van der Waals surface area (Å²) in [7, 11) is 0. The lowest BCUT2D eigenvalue weighted by Gasteiger charge is -2.16. The third-order valence-electron chi connectivity index (χ3n) is 3.95. The smallest absolute Gasteiger partial charge is 0.406 e. The van der Waals surface area contributed by atoms with Crippen molar-refractivity contribution in [2.45, 2.75) is 40.1 Å². The summed E-state index contributed by atoms with van der Waals surface area (Å²) in [5.41, 5.74) is 1.46. The SMILES string of the molecule is Cc1cc(C(=O)NC(C)c2ccc(OC(F)(F)F)cc2)cc(NC(=O)C(C)C)n1. The molecule has 0 saturated carbocycles. The van der Waals surface area contributed by atoms with E-state index in [1.165, 1.54) is 30.3 Å². The van der Waals surface area contributed by atoms with Crippen LogP contribution in [0.1, 0.15) is 48.4 Å². The van der Waals surface area contributed by atoms with Gasteiger partial charge in [0.2, 0.25) is 5.91 Å². The number of amides is 2. The van der Waals surface area contributed by atoms with Crippen LogP contribution in [-0.2, 0) is 4.79 Å². The lowest BCUT2D eigenvalue weighted by atomic mass is 10.1. The molecule has 6 nitrogen and oxygen atoms in total. The molecule has 1 heterocycles. The second-order valence-corrected chi connectivity index (χ2v) is 6.84. The van der Waals surface area contributed by atoms with Gasteiger partial charge in [-0.1, -0.05) is 26.0 Å². The van der Waals surface area contributed by atoms with Crippen molar-refractivity contribution < 1.29 is 27.5 Å². The molecule has 0 bridgehead atoms. The number of carbonyl (C=O) groups excluding carboxylic acids is 2. The van der Waals surface area contributed by atoms with Crippen LogP contribution in [0.25, 0.3) is 0 Å². The molecule has 1 aromatic heterocycles.